The number of hydrogen-bond acceptors (Lipinski definition) is 0. The summed E-state index contributed by atoms with van der Waals surface area (Å²) in [6.07, 6.45) is 0. The fraction of sp³-hybridized carbons (Fsp3) is 0.263. The van der Waals surface area contributed by atoms with E-state index in [0.29, 0.717) is 0 Å². The molecule has 0 radical (unpaired) electrons. The zero-order valence-corrected chi connectivity index (χ0v) is 14.0. The Labute approximate surface area is 123 Å². The molecule has 0 saturated heterocycles. The predicted molar refractivity (Wildman–Crippen MR) is 91.8 cm³/mol. The van der Waals surface area contributed by atoms with Crippen molar-refractivity contribution < 1.29 is 0 Å². The fourth-order valence-corrected chi connectivity index (χ4v) is 4.13. The lowest BCUT2D eigenvalue weighted by Crippen LogP contribution is -2.16. The summed E-state index contributed by atoms with van der Waals surface area (Å²) in [5.41, 5.74) is 12.4. The zero-order valence-electron chi connectivity index (χ0n) is 13.0. The number of hydrogen-bond donors (Lipinski definition) is 0. The van der Waals surface area contributed by atoms with Crippen LogP contribution < -0.4 is 0 Å². The van der Waals surface area contributed by atoms with E-state index >= 15 is 0 Å². The SMILES string of the molecule is Cc1cc2c(cc1C)-c1ccccc1/C2=C/[Si](C)(C)C. The molecule has 0 unspecified atom stereocenters. The Morgan fingerprint density at radius 3 is 1.90 bits per heavy atom. The summed E-state index contributed by atoms with van der Waals surface area (Å²) in [4.78, 5) is 0. The normalized spacial score (nSPS) is 15.3. The van der Waals surface area contributed by atoms with Gasteiger partial charge in [0.2, 0.25) is 0 Å². The maximum Gasteiger partial charge on any atom is 0.0695 e. The van der Waals surface area contributed by atoms with Crippen molar-refractivity contribution in [1.29, 1.82) is 0 Å². The largest absolute Gasteiger partial charge is 0.0867 e. The summed E-state index contributed by atoms with van der Waals surface area (Å²) in [5.74, 6) is 0. The van der Waals surface area contributed by atoms with E-state index in [1.54, 1.807) is 0 Å². The Kier molecular flexibility index (Phi) is 2.98. The Morgan fingerprint density at radius 2 is 1.30 bits per heavy atom. The molecule has 0 aromatic heterocycles. The van der Waals surface area contributed by atoms with Crippen LogP contribution in [0.4, 0.5) is 0 Å². The molecule has 102 valence electrons. The fourth-order valence-electron chi connectivity index (χ4n) is 2.95. The van der Waals surface area contributed by atoms with Crippen molar-refractivity contribution in [2.45, 2.75) is 33.5 Å². The second-order valence-corrected chi connectivity index (χ2v) is 12.0. The molecule has 20 heavy (non-hydrogen) atoms. The molecule has 0 nitrogen and oxygen atoms in total. The highest BCUT2D eigenvalue weighted by Crippen LogP contribution is 2.45. The second-order valence-electron chi connectivity index (χ2n) is 6.95. The molecule has 3 rings (SSSR count). The van der Waals surface area contributed by atoms with Gasteiger partial charge in [-0.25, -0.2) is 0 Å². The van der Waals surface area contributed by atoms with Crippen LogP contribution in [0.1, 0.15) is 22.3 Å². The van der Waals surface area contributed by atoms with Crippen LogP contribution in [0.2, 0.25) is 19.6 Å². The molecular formula is C19H22Si. The third kappa shape index (κ3) is 2.16. The molecule has 0 spiro atoms. The van der Waals surface area contributed by atoms with Crippen LogP contribution in [0.25, 0.3) is 16.7 Å². The summed E-state index contributed by atoms with van der Waals surface area (Å²) >= 11 is 0. The molecule has 1 heteroatoms. The summed E-state index contributed by atoms with van der Waals surface area (Å²) in [5, 5.41) is 0. The lowest BCUT2D eigenvalue weighted by Gasteiger charge is -2.13. The van der Waals surface area contributed by atoms with E-state index in [9.17, 15) is 0 Å². The Hall–Kier alpha value is -1.60. The third-order valence-corrected chi connectivity index (χ3v) is 5.16. The van der Waals surface area contributed by atoms with Crippen LogP contribution in [0.5, 0.6) is 0 Å². The van der Waals surface area contributed by atoms with E-state index < -0.39 is 8.07 Å². The molecule has 0 amide bonds. The van der Waals surface area contributed by atoms with Crippen LogP contribution in [0, 0.1) is 13.8 Å². The van der Waals surface area contributed by atoms with Gasteiger partial charge in [-0.2, -0.15) is 0 Å². The minimum atomic E-state index is -1.25. The summed E-state index contributed by atoms with van der Waals surface area (Å²) in [7, 11) is -1.25. The molecule has 0 N–H and O–H groups in total. The topological polar surface area (TPSA) is 0 Å². The molecule has 0 fully saturated rings. The highest BCUT2D eigenvalue weighted by molar-refractivity contribution is 6.82. The van der Waals surface area contributed by atoms with Crippen molar-refractivity contribution in [1.82, 2.24) is 0 Å². The van der Waals surface area contributed by atoms with Gasteiger partial charge in [0.05, 0.1) is 8.07 Å². The number of aryl methyl sites for hydroxylation is 2. The molecule has 0 bridgehead atoms. The van der Waals surface area contributed by atoms with Crippen LogP contribution >= 0.6 is 0 Å². The Morgan fingerprint density at radius 1 is 0.750 bits per heavy atom. The summed E-state index contributed by atoms with van der Waals surface area (Å²) in [6, 6.07) is 13.6. The van der Waals surface area contributed by atoms with Crippen molar-refractivity contribution in [3.8, 4) is 11.1 Å². The first-order chi connectivity index (χ1) is 9.37. The van der Waals surface area contributed by atoms with Gasteiger partial charge in [-0.1, -0.05) is 61.7 Å². The average Bonchev–Trinajstić information content (AvgIpc) is 2.64. The molecule has 0 aliphatic heterocycles. The van der Waals surface area contributed by atoms with Crippen LogP contribution in [0.3, 0.4) is 0 Å². The van der Waals surface area contributed by atoms with E-state index in [4.69, 9.17) is 0 Å². The Bertz CT molecular complexity index is 715. The molecule has 2 aromatic carbocycles. The van der Waals surface area contributed by atoms with Crippen molar-refractivity contribution in [3.63, 3.8) is 0 Å². The maximum absolute atomic E-state index is 2.55. The van der Waals surface area contributed by atoms with Crippen LogP contribution in [-0.4, -0.2) is 8.07 Å². The smallest absolute Gasteiger partial charge is 0.0695 e. The van der Waals surface area contributed by atoms with Crippen LogP contribution in [-0.2, 0) is 0 Å². The first kappa shape index (κ1) is 13.4. The molecule has 2 aromatic rings. The van der Waals surface area contributed by atoms with Crippen molar-refractivity contribution in [3.05, 3.63) is 64.4 Å². The lowest BCUT2D eigenvalue weighted by molar-refractivity contribution is 1.34. The first-order valence-corrected chi connectivity index (χ1v) is 10.9. The van der Waals surface area contributed by atoms with Gasteiger partial charge < -0.3 is 0 Å². The maximum atomic E-state index is 2.55. The van der Waals surface area contributed by atoms with Gasteiger partial charge in [0.25, 0.3) is 0 Å². The van der Waals surface area contributed by atoms with Gasteiger partial charge in [-0.05, 0) is 52.8 Å². The quantitative estimate of drug-likeness (QED) is 0.509. The third-order valence-electron chi connectivity index (χ3n) is 4.01. The molecule has 0 heterocycles. The molecule has 0 atom stereocenters. The summed E-state index contributed by atoms with van der Waals surface area (Å²) < 4.78 is 0. The molecule has 1 aliphatic carbocycles. The van der Waals surface area contributed by atoms with Gasteiger partial charge in [0, 0.05) is 0 Å². The van der Waals surface area contributed by atoms with E-state index in [-0.39, 0.29) is 0 Å². The number of fused-ring (bicyclic) bond motifs is 3. The minimum Gasteiger partial charge on any atom is -0.0867 e. The highest BCUT2D eigenvalue weighted by Gasteiger charge is 2.25. The van der Waals surface area contributed by atoms with E-state index in [1.807, 2.05) is 0 Å². The number of rotatable bonds is 1. The minimum absolute atomic E-state index is 1.25. The Balaban J connectivity index is 2.34. The zero-order chi connectivity index (χ0) is 14.5. The van der Waals surface area contributed by atoms with Crippen molar-refractivity contribution in [2.24, 2.45) is 0 Å². The van der Waals surface area contributed by atoms with E-state index in [2.05, 4.69) is 75.6 Å². The molecular weight excluding hydrogens is 256 g/mol. The molecule has 1 aliphatic rings. The predicted octanol–water partition coefficient (Wildman–Crippen LogP) is 5.59. The summed E-state index contributed by atoms with van der Waals surface area (Å²) in [6.45, 7) is 11.6. The van der Waals surface area contributed by atoms with Crippen molar-refractivity contribution in [2.75, 3.05) is 0 Å². The van der Waals surface area contributed by atoms with Gasteiger partial charge >= 0.3 is 0 Å². The lowest BCUT2D eigenvalue weighted by atomic mass is 9.99. The van der Waals surface area contributed by atoms with Gasteiger partial charge in [0.15, 0.2) is 0 Å². The van der Waals surface area contributed by atoms with Gasteiger partial charge in [-0.15, -0.1) is 0 Å². The van der Waals surface area contributed by atoms with E-state index in [1.165, 1.54) is 39.0 Å². The monoisotopic (exact) mass is 278 g/mol. The highest BCUT2D eigenvalue weighted by atomic mass is 28.3. The van der Waals surface area contributed by atoms with Gasteiger partial charge in [-0.3, -0.25) is 0 Å². The van der Waals surface area contributed by atoms with Crippen LogP contribution in [0.15, 0.2) is 42.1 Å². The molecule has 0 saturated carbocycles. The van der Waals surface area contributed by atoms with E-state index in [0.717, 1.165) is 0 Å². The standard InChI is InChI=1S/C19H22Si/c1-13-10-17-15-8-6-7-9-16(15)19(12-20(3,4)5)18(17)11-14(13)2/h6-12H,1-5H3/b19-12-. The number of benzene rings is 2. The average molecular weight is 278 g/mol. The second kappa shape index (κ2) is 4.46. The van der Waals surface area contributed by atoms with Crippen molar-refractivity contribution >= 4 is 13.6 Å². The first-order valence-electron chi connectivity index (χ1n) is 7.31. The van der Waals surface area contributed by atoms with Gasteiger partial charge in [0.1, 0.15) is 0 Å².